The topological polar surface area (TPSA) is 89.4 Å². The van der Waals surface area contributed by atoms with Gasteiger partial charge in [0.1, 0.15) is 0 Å². The van der Waals surface area contributed by atoms with Gasteiger partial charge in [-0.15, -0.1) is 5.11 Å². The predicted octanol–water partition coefficient (Wildman–Crippen LogP) is 3.61. The van der Waals surface area contributed by atoms with Crippen molar-refractivity contribution in [3.05, 3.63) is 60.8 Å². The van der Waals surface area contributed by atoms with Gasteiger partial charge < -0.3 is 15.1 Å². The molecule has 0 fully saturated rings. The summed E-state index contributed by atoms with van der Waals surface area (Å²) in [6.07, 6.45) is 2.01. The number of pyridine rings is 1. The molecule has 0 saturated carbocycles. The minimum absolute atomic E-state index is 0.0238. The van der Waals surface area contributed by atoms with Crippen LogP contribution in [-0.4, -0.2) is 47.4 Å². The monoisotopic (exact) mass is 439 g/mol. The summed E-state index contributed by atoms with van der Waals surface area (Å²) in [5.74, 6) is 0.723. The van der Waals surface area contributed by atoms with Crippen LogP contribution in [0.5, 0.6) is 0 Å². The number of carbonyl (C=O) groups is 1. The number of aryl methyl sites for hydroxylation is 1. The number of azo groups is 1. The molecule has 0 spiro atoms. The number of hydrogen-bond donors (Lipinski definition) is 2. The fourth-order valence-electron chi connectivity index (χ4n) is 3.31. The van der Waals surface area contributed by atoms with E-state index < -0.39 is 0 Å². The molecule has 0 saturated heterocycles. The van der Waals surface area contributed by atoms with E-state index in [1.54, 1.807) is 6.92 Å². The highest BCUT2D eigenvalue weighted by molar-refractivity contribution is 8.13. The largest absolute Gasteiger partial charge is 0.395 e. The average molecular weight is 440 g/mol. The fraction of sp³-hybridized carbons (Fsp3) is 0.304. The number of rotatable bonds is 10. The highest BCUT2D eigenvalue weighted by Crippen LogP contribution is 2.27. The predicted molar refractivity (Wildman–Crippen MR) is 124 cm³/mol. The van der Waals surface area contributed by atoms with E-state index in [-0.39, 0.29) is 18.3 Å². The summed E-state index contributed by atoms with van der Waals surface area (Å²) in [5, 5.41) is 28.3. The first kappa shape index (κ1) is 22.9. The second-order valence-corrected chi connectivity index (χ2v) is 8.17. The number of carbonyl (C=O) groups excluding carboxylic acids is 1. The van der Waals surface area contributed by atoms with Crippen molar-refractivity contribution in [3.63, 3.8) is 0 Å². The Labute approximate surface area is 186 Å². The normalized spacial score (nSPS) is 11.3. The van der Waals surface area contributed by atoms with E-state index in [9.17, 15) is 15.0 Å². The summed E-state index contributed by atoms with van der Waals surface area (Å²) in [6, 6.07) is 17.5. The lowest BCUT2D eigenvalue weighted by atomic mass is 10.2. The number of benzene rings is 2. The molecule has 1 aromatic heterocycles. The molecule has 3 rings (SSSR count). The van der Waals surface area contributed by atoms with Gasteiger partial charge in [0.25, 0.3) is 0 Å². The van der Waals surface area contributed by atoms with E-state index in [2.05, 4.69) is 14.8 Å². The summed E-state index contributed by atoms with van der Waals surface area (Å²) in [4.78, 5) is 13.1. The van der Waals surface area contributed by atoms with Gasteiger partial charge in [-0.05, 0) is 36.4 Å². The Balaban J connectivity index is 1.79. The average Bonchev–Trinajstić information content (AvgIpc) is 2.78. The van der Waals surface area contributed by atoms with Crippen molar-refractivity contribution in [2.45, 2.75) is 13.5 Å². The molecule has 2 aromatic carbocycles. The molecule has 162 valence electrons. The summed E-state index contributed by atoms with van der Waals surface area (Å²) in [6.45, 7) is 3.29. The molecule has 0 aliphatic carbocycles. The van der Waals surface area contributed by atoms with Crippen LogP contribution in [-0.2, 0) is 11.3 Å². The Hall–Kier alpha value is -2.81. The van der Waals surface area contributed by atoms with E-state index in [0.717, 1.165) is 40.3 Å². The number of aromatic nitrogens is 1. The molecule has 2 N–H and O–H groups in total. The van der Waals surface area contributed by atoms with Crippen molar-refractivity contribution in [2.24, 2.45) is 10.2 Å². The lowest BCUT2D eigenvalue weighted by Gasteiger charge is -2.22. The second kappa shape index (κ2) is 11.5. The Morgan fingerprint density at radius 1 is 1.00 bits per heavy atom. The van der Waals surface area contributed by atoms with Gasteiger partial charge in [0.2, 0.25) is 5.52 Å². The zero-order valence-electron chi connectivity index (χ0n) is 17.5. The van der Waals surface area contributed by atoms with Crippen LogP contribution in [0.2, 0.25) is 0 Å². The summed E-state index contributed by atoms with van der Waals surface area (Å²) in [7, 11) is 0. The standard InChI is InChI=1S/C23H27N4O3S/c1-18(30)31-17-14-27-11-3-4-21-22(5-2-6-23(21)27)25-24-19-7-9-20(10-8-19)26(12-15-28)13-16-29/h2-11,28-29H,12-17H2,1H3/q+1. The number of fused-ring (bicyclic) bond motifs is 1. The van der Waals surface area contributed by atoms with Crippen LogP contribution in [0.3, 0.4) is 0 Å². The molecular formula is C23H27N4O3S+. The molecule has 0 aliphatic heterocycles. The molecule has 31 heavy (non-hydrogen) atoms. The van der Waals surface area contributed by atoms with Crippen LogP contribution in [0.15, 0.2) is 71.0 Å². The van der Waals surface area contributed by atoms with Crippen LogP contribution in [0.1, 0.15) is 6.92 Å². The first-order valence-corrected chi connectivity index (χ1v) is 11.1. The van der Waals surface area contributed by atoms with Gasteiger partial charge in [-0.1, -0.05) is 17.8 Å². The molecule has 0 atom stereocenters. The number of thioether (sulfide) groups is 1. The maximum atomic E-state index is 11.2. The van der Waals surface area contributed by atoms with Gasteiger partial charge in [-0.25, -0.2) is 0 Å². The first-order valence-electron chi connectivity index (χ1n) is 10.2. The minimum Gasteiger partial charge on any atom is -0.395 e. The molecular weight excluding hydrogens is 412 g/mol. The summed E-state index contributed by atoms with van der Waals surface area (Å²) < 4.78 is 2.12. The van der Waals surface area contributed by atoms with Crippen LogP contribution >= 0.6 is 11.8 Å². The maximum absolute atomic E-state index is 11.2. The molecule has 8 heteroatoms. The van der Waals surface area contributed by atoms with E-state index in [4.69, 9.17) is 0 Å². The van der Waals surface area contributed by atoms with Crippen molar-refractivity contribution < 1.29 is 19.6 Å². The van der Waals surface area contributed by atoms with E-state index >= 15 is 0 Å². The third-order valence-electron chi connectivity index (χ3n) is 4.76. The quantitative estimate of drug-likeness (QED) is 0.372. The Bertz CT molecular complexity index is 1030. The summed E-state index contributed by atoms with van der Waals surface area (Å²) in [5.41, 5.74) is 3.45. The van der Waals surface area contributed by atoms with Crippen molar-refractivity contribution in [1.82, 2.24) is 0 Å². The summed E-state index contributed by atoms with van der Waals surface area (Å²) >= 11 is 1.32. The molecule has 0 amide bonds. The molecule has 0 aliphatic rings. The Morgan fingerprint density at radius 2 is 1.74 bits per heavy atom. The molecule has 1 heterocycles. The fourth-order valence-corrected chi connectivity index (χ4v) is 3.88. The lowest BCUT2D eigenvalue weighted by molar-refractivity contribution is -0.666. The van der Waals surface area contributed by atoms with Crippen LogP contribution in [0.25, 0.3) is 10.9 Å². The van der Waals surface area contributed by atoms with E-state index in [1.165, 1.54) is 11.8 Å². The van der Waals surface area contributed by atoms with Gasteiger partial charge in [0, 0.05) is 37.8 Å². The van der Waals surface area contributed by atoms with Crippen LogP contribution in [0.4, 0.5) is 17.1 Å². The zero-order chi connectivity index (χ0) is 22.1. The van der Waals surface area contributed by atoms with E-state index in [1.807, 2.05) is 65.7 Å². The third kappa shape index (κ3) is 6.33. The Kier molecular flexibility index (Phi) is 8.52. The van der Waals surface area contributed by atoms with Crippen LogP contribution < -0.4 is 9.47 Å². The third-order valence-corrected chi connectivity index (χ3v) is 5.56. The van der Waals surface area contributed by atoms with E-state index in [0.29, 0.717) is 13.1 Å². The molecule has 0 radical (unpaired) electrons. The number of nitrogens with zero attached hydrogens (tertiary/aromatic N) is 4. The molecule has 0 unspecified atom stereocenters. The molecule has 3 aromatic rings. The van der Waals surface area contributed by atoms with Gasteiger partial charge in [-0.3, -0.25) is 4.79 Å². The van der Waals surface area contributed by atoms with Crippen molar-refractivity contribution in [2.75, 3.05) is 37.0 Å². The lowest BCUT2D eigenvalue weighted by Crippen LogP contribution is -2.35. The second-order valence-electron chi connectivity index (χ2n) is 6.90. The highest BCUT2D eigenvalue weighted by Gasteiger charge is 2.11. The smallest absolute Gasteiger partial charge is 0.214 e. The number of aliphatic hydroxyl groups is 2. The van der Waals surface area contributed by atoms with Crippen molar-refractivity contribution >= 4 is 44.8 Å². The molecule has 7 nitrogen and oxygen atoms in total. The number of hydrogen-bond acceptors (Lipinski definition) is 7. The van der Waals surface area contributed by atoms with Crippen LogP contribution in [0, 0.1) is 0 Å². The zero-order valence-corrected chi connectivity index (χ0v) is 18.3. The highest BCUT2D eigenvalue weighted by atomic mass is 32.2. The number of aliphatic hydroxyl groups excluding tert-OH is 2. The maximum Gasteiger partial charge on any atom is 0.214 e. The minimum atomic E-state index is 0.0238. The van der Waals surface area contributed by atoms with Gasteiger partial charge >= 0.3 is 0 Å². The Morgan fingerprint density at radius 3 is 2.42 bits per heavy atom. The SMILES string of the molecule is CC(=O)SCC[n+]1cccc2c(/N=N/c3ccc(N(CCO)CCO)cc3)cccc21. The van der Waals surface area contributed by atoms with Gasteiger partial charge in [-0.2, -0.15) is 9.68 Å². The van der Waals surface area contributed by atoms with Gasteiger partial charge in [0.15, 0.2) is 17.9 Å². The van der Waals surface area contributed by atoms with Gasteiger partial charge in [0.05, 0.1) is 35.7 Å². The van der Waals surface area contributed by atoms with Crippen molar-refractivity contribution in [1.29, 1.82) is 0 Å². The molecule has 0 bridgehead atoms. The van der Waals surface area contributed by atoms with Crippen molar-refractivity contribution in [3.8, 4) is 0 Å². The number of anilines is 1. The first-order chi connectivity index (χ1) is 15.1.